The summed E-state index contributed by atoms with van der Waals surface area (Å²) >= 11 is 0. The number of piperidine rings is 1. The second kappa shape index (κ2) is 9.95. The van der Waals surface area contributed by atoms with Gasteiger partial charge in [0, 0.05) is 13.1 Å². The maximum atomic E-state index is 10.3. The van der Waals surface area contributed by atoms with Crippen molar-refractivity contribution in [2.24, 2.45) is 15.9 Å². The molecule has 0 amide bonds. The number of nitrogens with one attached hydrogen (secondary N) is 1. The molecule has 0 spiro atoms. The number of hydrogen-bond acceptors (Lipinski definition) is 10. The number of guanidine groups is 1. The molecule has 0 bridgehead atoms. The van der Waals surface area contributed by atoms with Crippen molar-refractivity contribution in [1.29, 1.82) is 0 Å². The lowest BCUT2D eigenvalue weighted by Crippen LogP contribution is -2.35. The molecule has 3 N–H and O–H groups in total. The quantitative estimate of drug-likeness (QED) is 0.289. The van der Waals surface area contributed by atoms with Crippen molar-refractivity contribution in [2.45, 2.75) is 19.3 Å². The monoisotopic (exact) mass is 415 g/mol. The van der Waals surface area contributed by atoms with Crippen LogP contribution in [0.25, 0.3) is 0 Å². The average molecular weight is 415 g/mol. The fourth-order valence-electron chi connectivity index (χ4n) is 2.74. The van der Waals surface area contributed by atoms with E-state index in [-0.39, 0.29) is 12.0 Å². The van der Waals surface area contributed by atoms with Gasteiger partial charge in [0.2, 0.25) is 5.95 Å². The summed E-state index contributed by atoms with van der Waals surface area (Å²) in [4.78, 5) is 25.2. The Hall–Kier alpha value is -4.03. The lowest BCUT2D eigenvalue weighted by molar-refractivity contribution is -0.525. The van der Waals surface area contributed by atoms with Crippen LogP contribution in [0, 0.1) is 10.1 Å². The van der Waals surface area contributed by atoms with Crippen molar-refractivity contribution < 1.29 is 14.5 Å². The standard InChI is InChI=1S/C17H21N9O4/c1-29-16-20-15(25-8-3-2-4-9-25)21-17(22-16)30-13-7-5-6-12(10-13)11-19-23-14(18)24-26(27)28/h5-7,10-11H,2-4,8-9H2,1H3,(H3,18,23,24). The highest BCUT2D eigenvalue weighted by Gasteiger charge is 2.17. The first-order valence-corrected chi connectivity index (χ1v) is 9.14. The molecule has 0 aliphatic carbocycles. The van der Waals surface area contributed by atoms with Crippen LogP contribution in [0.2, 0.25) is 0 Å². The van der Waals surface area contributed by atoms with E-state index in [0.29, 0.717) is 17.3 Å². The number of rotatable bonds is 7. The molecule has 2 aromatic rings. The van der Waals surface area contributed by atoms with Gasteiger partial charge in [-0.3, -0.25) is 0 Å². The third kappa shape index (κ3) is 5.98. The number of benzene rings is 1. The summed E-state index contributed by atoms with van der Waals surface area (Å²) in [5.41, 5.74) is 7.61. The molecule has 13 heteroatoms. The van der Waals surface area contributed by atoms with E-state index in [1.54, 1.807) is 29.7 Å². The number of hydrazine groups is 1. The first-order valence-electron chi connectivity index (χ1n) is 9.14. The smallest absolute Gasteiger partial charge is 0.330 e. The number of methoxy groups -OCH3 is 1. The third-order valence-electron chi connectivity index (χ3n) is 4.05. The fraction of sp³-hybridized carbons (Fsp3) is 0.353. The average Bonchev–Trinajstić information content (AvgIpc) is 2.74. The van der Waals surface area contributed by atoms with Gasteiger partial charge in [0.05, 0.1) is 13.3 Å². The fourth-order valence-corrected chi connectivity index (χ4v) is 2.74. The molecule has 0 unspecified atom stereocenters. The molecule has 13 nitrogen and oxygen atoms in total. The van der Waals surface area contributed by atoms with Crippen molar-refractivity contribution in [3.8, 4) is 17.8 Å². The Bertz CT molecular complexity index is 945. The summed E-state index contributed by atoms with van der Waals surface area (Å²) in [6, 6.07) is 7.15. The van der Waals surface area contributed by atoms with E-state index in [1.165, 1.54) is 19.7 Å². The van der Waals surface area contributed by atoms with Gasteiger partial charge in [-0.05, 0) is 37.0 Å². The molecule has 30 heavy (non-hydrogen) atoms. The molecule has 1 aliphatic heterocycles. The predicted octanol–water partition coefficient (Wildman–Crippen LogP) is 1.09. The van der Waals surface area contributed by atoms with E-state index in [4.69, 9.17) is 15.2 Å². The molecular formula is C17H21N9O4. The van der Waals surface area contributed by atoms with Gasteiger partial charge in [-0.2, -0.15) is 15.1 Å². The first-order chi connectivity index (χ1) is 14.5. The number of anilines is 1. The number of hydrogen-bond donors (Lipinski definition) is 2. The number of aromatic nitrogens is 3. The number of nitrogens with two attached hydrogens (primary N) is 1. The maximum absolute atomic E-state index is 10.3. The predicted molar refractivity (Wildman–Crippen MR) is 108 cm³/mol. The second-order valence-electron chi connectivity index (χ2n) is 6.23. The van der Waals surface area contributed by atoms with Crippen molar-refractivity contribution in [3.63, 3.8) is 0 Å². The van der Waals surface area contributed by atoms with E-state index >= 15 is 0 Å². The molecule has 158 valence electrons. The van der Waals surface area contributed by atoms with E-state index in [9.17, 15) is 10.1 Å². The van der Waals surface area contributed by atoms with Gasteiger partial charge < -0.3 is 20.1 Å². The van der Waals surface area contributed by atoms with E-state index in [1.807, 2.05) is 0 Å². The molecule has 0 atom stereocenters. The summed E-state index contributed by atoms with van der Waals surface area (Å²) < 4.78 is 11.0. The summed E-state index contributed by atoms with van der Waals surface area (Å²) in [7, 11) is 1.48. The molecule has 0 radical (unpaired) electrons. The Kier molecular flexibility index (Phi) is 6.87. The SMILES string of the molecule is COc1nc(Oc2cccc(C=NN=C(N)N[N+](=O)[O-])c2)nc(N2CCCCC2)n1. The zero-order valence-electron chi connectivity index (χ0n) is 16.3. The Morgan fingerprint density at radius 2 is 2.03 bits per heavy atom. The Morgan fingerprint density at radius 3 is 2.77 bits per heavy atom. The highest BCUT2D eigenvalue weighted by atomic mass is 16.7. The molecule has 0 saturated carbocycles. The first kappa shape index (κ1) is 20.7. The van der Waals surface area contributed by atoms with E-state index in [0.717, 1.165) is 25.9 Å². The lowest BCUT2D eigenvalue weighted by Gasteiger charge is -2.26. The van der Waals surface area contributed by atoms with Gasteiger partial charge in [-0.1, -0.05) is 17.6 Å². The third-order valence-corrected chi connectivity index (χ3v) is 4.05. The Morgan fingerprint density at radius 1 is 1.27 bits per heavy atom. The topological polar surface area (TPSA) is 166 Å². The normalized spacial score (nSPS) is 14.6. The summed E-state index contributed by atoms with van der Waals surface area (Å²) in [6.45, 7) is 1.74. The zero-order valence-corrected chi connectivity index (χ0v) is 16.3. The van der Waals surface area contributed by atoms with Crippen LogP contribution in [0.3, 0.4) is 0 Å². The van der Waals surface area contributed by atoms with Crippen LogP contribution in [0.15, 0.2) is 34.5 Å². The van der Waals surface area contributed by atoms with Crippen LogP contribution >= 0.6 is 0 Å². The summed E-state index contributed by atoms with van der Waals surface area (Å²) in [5.74, 6) is 0.528. The van der Waals surface area contributed by atoms with Crippen LogP contribution in [0.4, 0.5) is 5.95 Å². The van der Waals surface area contributed by atoms with Gasteiger partial charge in [0.25, 0.3) is 5.96 Å². The van der Waals surface area contributed by atoms with Crippen molar-refractivity contribution in [3.05, 3.63) is 39.9 Å². The zero-order chi connectivity index (χ0) is 21.3. The van der Waals surface area contributed by atoms with E-state index in [2.05, 4.69) is 30.1 Å². The minimum absolute atomic E-state index is 0.106. The molecule has 1 fully saturated rings. The van der Waals surface area contributed by atoms with Crippen LogP contribution in [0.1, 0.15) is 24.8 Å². The molecule has 1 aromatic carbocycles. The van der Waals surface area contributed by atoms with Gasteiger partial charge in [-0.25, -0.2) is 10.1 Å². The molecular weight excluding hydrogens is 394 g/mol. The van der Waals surface area contributed by atoms with E-state index < -0.39 is 11.0 Å². The van der Waals surface area contributed by atoms with Gasteiger partial charge >= 0.3 is 12.0 Å². The highest BCUT2D eigenvalue weighted by Crippen LogP contribution is 2.24. The van der Waals surface area contributed by atoms with Crippen LogP contribution in [-0.2, 0) is 0 Å². The van der Waals surface area contributed by atoms with Crippen LogP contribution in [0.5, 0.6) is 17.8 Å². The largest absolute Gasteiger partial charge is 0.467 e. The summed E-state index contributed by atoms with van der Waals surface area (Å²) in [6.07, 6.45) is 4.72. The molecule has 2 heterocycles. The Labute approximate surface area is 171 Å². The minimum Gasteiger partial charge on any atom is -0.467 e. The van der Waals surface area contributed by atoms with Crippen molar-refractivity contribution in [2.75, 3.05) is 25.1 Å². The molecule has 3 rings (SSSR count). The van der Waals surface area contributed by atoms with Crippen molar-refractivity contribution >= 4 is 18.1 Å². The second-order valence-corrected chi connectivity index (χ2v) is 6.23. The number of nitrogens with zero attached hydrogens (tertiary/aromatic N) is 7. The van der Waals surface area contributed by atoms with Gasteiger partial charge in [0.1, 0.15) is 5.75 Å². The van der Waals surface area contributed by atoms with Crippen LogP contribution < -0.4 is 25.5 Å². The highest BCUT2D eigenvalue weighted by molar-refractivity contribution is 5.82. The lowest BCUT2D eigenvalue weighted by atomic mass is 10.1. The van der Waals surface area contributed by atoms with Crippen molar-refractivity contribution in [1.82, 2.24) is 20.4 Å². The molecule has 1 saturated heterocycles. The Balaban J connectivity index is 1.74. The molecule has 1 aromatic heterocycles. The van der Waals surface area contributed by atoms with Gasteiger partial charge in [0.15, 0.2) is 5.03 Å². The summed E-state index contributed by atoms with van der Waals surface area (Å²) in [5, 5.41) is 16.6. The molecule has 1 aliphatic rings. The van der Waals surface area contributed by atoms with Gasteiger partial charge in [-0.15, -0.1) is 10.1 Å². The number of nitro groups is 1. The van der Waals surface area contributed by atoms with Crippen LogP contribution in [-0.4, -0.2) is 52.4 Å². The number of ether oxygens (including phenoxy) is 2. The maximum Gasteiger partial charge on any atom is 0.330 e. The minimum atomic E-state index is -0.829.